The van der Waals surface area contributed by atoms with Crippen LogP contribution in [0, 0.1) is 0 Å². The van der Waals surface area contributed by atoms with Crippen LogP contribution in [0.1, 0.15) is 0 Å². The van der Waals surface area contributed by atoms with Crippen molar-refractivity contribution in [3.8, 4) is 21.7 Å². The van der Waals surface area contributed by atoms with Crippen LogP contribution in [0.25, 0.3) is 26.7 Å². The third kappa shape index (κ3) is 3.02. The molecule has 0 spiro atoms. The summed E-state index contributed by atoms with van der Waals surface area (Å²) in [7, 11) is 0. The summed E-state index contributed by atoms with van der Waals surface area (Å²) in [6, 6.07) is 11.5. The average molecular weight is 379 g/mol. The molecule has 3 aromatic heterocycles. The Morgan fingerprint density at radius 1 is 1.07 bits per heavy atom. The van der Waals surface area contributed by atoms with Crippen molar-refractivity contribution in [3.63, 3.8) is 0 Å². The van der Waals surface area contributed by atoms with Gasteiger partial charge in [-0.1, -0.05) is 29.5 Å². The Morgan fingerprint density at radius 2 is 1.93 bits per heavy atom. The maximum atomic E-state index is 12.6. The van der Waals surface area contributed by atoms with Gasteiger partial charge in [-0.05, 0) is 17.7 Å². The number of hydrogen-bond donors (Lipinski definition) is 1. The molecule has 8 heteroatoms. The highest BCUT2D eigenvalue weighted by atomic mass is 32.1. The van der Waals surface area contributed by atoms with Gasteiger partial charge in [0.2, 0.25) is 4.96 Å². The molecule has 0 atom stereocenters. The molecule has 1 N–H and O–H groups in total. The number of piperazine rings is 1. The largest absolute Gasteiger partial charge is 0.472 e. The predicted molar refractivity (Wildman–Crippen MR) is 105 cm³/mol. The molecule has 0 bridgehead atoms. The molecule has 1 fully saturated rings. The molecule has 5 rings (SSSR count). The zero-order chi connectivity index (χ0) is 18.2. The molecule has 27 heavy (non-hydrogen) atoms. The minimum atomic E-state index is -0.151. The van der Waals surface area contributed by atoms with Crippen LogP contribution in [0.5, 0.6) is 0 Å². The van der Waals surface area contributed by atoms with Crippen molar-refractivity contribution in [2.75, 3.05) is 31.1 Å². The quantitative estimate of drug-likeness (QED) is 0.589. The fourth-order valence-corrected chi connectivity index (χ4v) is 4.13. The lowest BCUT2D eigenvalue weighted by Gasteiger charge is -2.27. The number of nitrogens with zero attached hydrogens (tertiary/aromatic N) is 4. The number of anilines is 1. The maximum absolute atomic E-state index is 12.6. The van der Waals surface area contributed by atoms with Crippen LogP contribution in [0.15, 0.2) is 58.1 Å². The Hall–Kier alpha value is -2.97. The van der Waals surface area contributed by atoms with Gasteiger partial charge in [-0.2, -0.15) is 9.61 Å². The van der Waals surface area contributed by atoms with Crippen molar-refractivity contribution < 1.29 is 4.42 Å². The maximum Gasteiger partial charge on any atom is 0.277 e. The van der Waals surface area contributed by atoms with E-state index in [-0.39, 0.29) is 5.56 Å². The van der Waals surface area contributed by atoms with Gasteiger partial charge in [-0.15, -0.1) is 0 Å². The lowest BCUT2D eigenvalue weighted by molar-refractivity contribution is 0.568. The van der Waals surface area contributed by atoms with Crippen molar-refractivity contribution in [1.82, 2.24) is 19.9 Å². The molecule has 0 saturated carbocycles. The summed E-state index contributed by atoms with van der Waals surface area (Å²) in [6.45, 7) is 3.49. The van der Waals surface area contributed by atoms with Crippen molar-refractivity contribution in [3.05, 3.63) is 59.3 Å². The predicted octanol–water partition coefficient (Wildman–Crippen LogP) is 2.49. The van der Waals surface area contributed by atoms with Crippen LogP contribution >= 0.6 is 11.3 Å². The van der Waals surface area contributed by atoms with E-state index in [1.165, 1.54) is 15.9 Å². The van der Waals surface area contributed by atoms with Gasteiger partial charge in [0.1, 0.15) is 10.8 Å². The first-order chi connectivity index (χ1) is 13.3. The lowest BCUT2D eigenvalue weighted by atomic mass is 10.1. The van der Waals surface area contributed by atoms with Crippen LogP contribution in [0.2, 0.25) is 0 Å². The molecule has 4 heterocycles. The molecule has 136 valence electrons. The number of rotatable bonds is 3. The van der Waals surface area contributed by atoms with Gasteiger partial charge < -0.3 is 14.6 Å². The first-order valence-electron chi connectivity index (χ1n) is 8.77. The van der Waals surface area contributed by atoms with Crippen molar-refractivity contribution >= 4 is 22.1 Å². The molecule has 7 nitrogen and oxygen atoms in total. The lowest BCUT2D eigenvalue weighted by Crippen LogP contribution is -2.44. The average Bonchev–Trinajstić information content (AvgIpc) is 3.39. The number of furan rings is 1. The second kappa shape index (κ2) is 6.64. The highest BCUT2D eigenvalue weighted by molar-refractivity contribution is 7.19. The number of fused-ring (bicyclic) bond motifs is 1. The summed E-state index contributed by atoms with van der Waals surface area (Å²) in [5.74, 6) is 0.726. The van der Waals surface area contributed by atoms with E-state index in [0.29, 0.717) is 4.96 Å². The van der Waals surface area contributed by atoms with Crippen molar-refractivity contribution in [1.29, 1.82) is 0 Å². The number of aromatic nitrogens is 3. The van der Waals surface area contributed by atoms with Gasteiger partial charge in [0.05, 0.1) is 12.5 Å². The summed E-state index contributed by atoms with van der Waals surface area (Å²) < 4.78 is 6.56. The summed E-state index contributed by atoms with van der Waals surface area (Å²) in [6.07, 6.45) is 3.37. The standard InChI is InChI=1S/C19H17N5O2S/c25-17-11-16(23-7-5-20-6-8-23)21-19-24(17)22-18(27-19)14-3-1-2-13(10-14)15-4-9-26-12-15/h1-4,9-12,20H,5-8H2. The van der Waals surface area contributed by atoms with Gasteiger partial charge >= 0.3 is 0 Å². The summed E-state index contributed by atoms with van der Waals surface area (Å²) >= 11 is 1.42. The summed E-state index contributed by atoms with van der Waals surface area (Å²) in [5.41, 5.74) is 2.85. The van der Waals surface area contributed by atoms with Crippen LogP contribution in [-0.4, -0.2) is 40.8 Å². The molecule has 1 saturated heterocycles. The molecule has 1 aromatic carbocycles. The molecule has 0 aliphatic carbocycles. The third-order valence-corrected chi connectivity index (χ3v) is 5.59. The highest BCUT2D eigenvalue weighted by Crippen LogP contribution is 2.29. The molecule has 0 radical (unpaired) electrons. The second-order valence-corrected chi connectivity index (χ2v) is 7.34. The third-order valence-electron chi connectivity index (χ3n) is 4.64. The Balaban J connectivity index is 1.56. The van der Waals surface area contributed by atoms with Gasteiger partial charge in [0.15, 0.2) is 0 Å². The molecule has 1 aliphatic rings. The SMILES string of the molecule is O=c1cc(N2CCNCC2)nc2sc(-c3cccc(-c4ccoc4)c3)nn12. The van der Waals surface area contributed by atoms with E-state index in [9.17, 15) is 4.79 Å². The number of hydrogen-bond acceptors (Lipinski definition) is 7. The molecule has 0 unspecified atom stereocenters. The Morgan fingerprint density at radius 3 is 2.74 bits per heavy atom. The van der Waals surface area contributed by atoms with E-state index < -0.39 is 0 Å². The van der Waals surface area contributed by atoms with E-state index >= 15 is 0 Å². The van der Waals surface area contributed by atoms with Gasteiger partial charge in [-0.25, -0.2) is 4.98 Å². The van der Waals surface area contributed by atoms with Gasteiger partial charge in [-0.3, -0.25) is 4.79 Å². The molecule has 4 aromatic rings. The minimum Gasteiger partial charge on any atom is -0.472 e. The topological polar surface area (TPSA) is 75.7 Å². The Bertz CT molecular complexity index is 1140. The van der Waals surface area contributed by atoms with Crippen LogP contribution in [-0.2, 0) is 0 Å². The first kappa shape index (κ1) is 16.2. The number of benzene rings is 1. The molecule has 0 amide bonds. The second-order valence-electron chi connectivity index (χ2n) is 6.38. The van der Waals surface area contributed by atoms with Crippen LogP contribution in [0.3, 0.4) is 0 Å². The smallest absolute Gasteiger partial charge is 0.277 e. The van der Waals surface area contributed by atoms with Gasteiger partial charge in [0, 0.05) is 43.4 Å². The van der Waals surface area contributed by atoms with Crippen LogP contribution < -0.4 is 15.8 Å². The van der Waals surface area contributed by atoms with E-state index in [1.807, 2.05) is 30.3 Å². The molecular weight excluding hydrogens is 362 g/mol. The zero-order valence-corrected chi connectivity index (χ0v) is 15.3. The van der Waals surface area contributed by atoms with E-state index in [2.05, 4.69) is 20.3 Å². The normalized spacial score (nSPS) is 14.7. The summed E-state index contributed by atoms with van der Waals surface area (Å²) in [4.78, 5) is 20.0. The van der Waals surface area contributed by atoms with E-state index in [0.717, 1.165) is 53.7 Å². The number of nitrogens with one attached hydrogen (secondary N) is 1. The van der Waals surface area contributed by atoms with Crippen LogP contribution in [0.4, 0.5) is 5.82 Å². The van der Waals surface area contributed by atoms with Crippen molar-refractivity contribution in [2.45, 2.75) is 0 Å². The Labute approximate surface area is 158 Å². The van der Waals surface area contributed by atoms with Crippen molar-refractivity contribution in [2.24, 2.45) is 0 Å². The monoisotopic (exact) mass is 379 g/mol. The fourth-order valence-electron chi connectivity index (χ4n) is 3.23. The summed E-state index contributed by atoms with van der Waals surface area (Å²) in [5, 5.41) is 8.57. The van der Waals surface area contributed by atoms with E-state index in [4.69, 9.17) is 4.42 Å². The first-order valence-corrected chi connectivity index (χ1v) is 9.59. The molecular formula is C19H17N5O2S. The molecule has 1 aliphatic heterocycles. The Kier molecular flexibility index (Phi) is 3.99. The van der Waals surface area contributed by atoms with E-state index in [1.54, 1.807) is 18.6 Å². The fraction of sp³-hybridized carbons (Fsp3) is 0.211. The van der Waals surface area contributed by atoms with Gasteiger partial charge in [0.25, 0.3) is 5.56 Å². The highest BCUT2D eigenvalue weighted by Gasteiger charge is 2.16. The minimum absolute atomic E-state index is 0.151. The zero-order valence-electron chi connectivity index (χ0n) is 14.5.